The lowest BCUT2D eigenvalue weighted by Gasteiger charge is -2.34. The first-order chi connectivity index (χ1) is 12.0. The summed E-state index contributed by atoms with van der Waals surface area (Å²) in [4.78, 5) is 25.6. The Hall–Kier alpha value is -1.20. The lowest BCUT2D eigenvalue weighted by Crippen LogP contribution is -2.49. The Bertz CT molecular complexity index is 549. The van der Waals surface area contributed by atoms with Crippen molar-refractivity contribution in [2.75, 3.05) is 0 Å². The SMILES string of the molecule is CCC(C)C(=O)C1=C(O)[C@](O)([C@@H](O)CCC(C)C)[C@H](CCC(C)C)C1=O. The molecule has 0 aromatic carbocycles. The molecule has 150 valence electrons. The number of hydrogen-bond donors (Lipinski definition) is 3. The van der Waals surface area contributed by atoms with Crippen LogP contribution in [0.2, 0.25) is 0 Å². The third-order valence-corrected chi connectivity index (χ3v) is 5.57. The summed E-state index contributed by atoms with van der Waals surface area (Å²) < 4.78 is 0. The van der Waals surface area contributed by atoms with E-state index in [1.165, 1.54) is 0 Å². The van der Waals surface area contributed by atoms with Gasteiger partial charge in [-0.2, -0.15) is 0 Å². The van der Waals surface area contributed by atoms with Crippen LogP contribution in [0, 0.1) is 23.7 Å². The summed E-state index contributed by atoms with van der Waals surface area (Å²) in [6, 6.07) is 0. The monoisotopic (exact) mass is 368 g/mol. The molecule has 1 aliphatic carbocycles. The average Bonchev–Trinajstić information content (AvgIpc) is 2.76. The van der Waals surface area contributed by atoms with Gasteiger partial charge in [0.1, 0.15) is 11.3 Å². The van der Waals surface area contributed by atoms with Gasteiger partial charge in [0, 0.05) is 5.92 Å². The standard InChI is InChI=1S/C21H36O5/c1-7-14(6)18(23)17-19(24)15(10-8-12(2)3)21(26,20(17)25)16(22)11-9-13(4)5/h12-16,22,25-26H,7-11H2,1-6H3/t14?,15-,16+,21-/m1/s1. The number of ketones is 2. The predicted molar refractivity (Wildman–Crippen MR) is 102 cm³/mol. The predicted octanol–water partition coefficient (Wildman–Crippen LogP) is 3.58. The number of Topliss-reactive ketones (excluding diaryl/α,β-unsaturated/α-hetero) is 2. The Kier molecular flexibility index (Phi) is 8.03. The Morgan fingerprint density at radius 1 is 1.08 bits per heavy atom. The number of aliphatic hydroxyl groups excluding tert-OH is 2. The smallest absolute Gasteiger partial charge is 0.176 e. The highest BCUT2D eigenvalue weighted by Gasteiger charge is 2.58. The fraction of sp³-hybridized carbons (Fsp3) is 0.810. The molecule has 26 heavy (non-hydrogen) atoms. The molecule has 1 rings (SSSR count). The van der Waals surface area contributed by atoms with Crippen molar-refractivity contribution in [3.8, 4) is 0 Å². The zero-order valence-electron chi connectivity index (χ0n) is 17.1. The fourth-order valence-electron chi connectivity index (χ4n) is 3.48. The Morgan fingerprint density at radius 2 is 1.62 bits per heavy atom. The number of carbonyl (C=O) groups excluding carboxylic acids is 2. The maximum absolute atomic E-state index is 12.9. The summed E-state index contributed by atoms with van der Waals surface area (Å²) in [6.07, 6.45) is 1.15. The Balaban J connectivity index is 3.29. The van der Waals surface area contributed by atoms with Crippen molar-refractivity contribution >= 4 is 11.6 Å². The van der Waals surface area contributed by atoms with Gasteiger partial charge in [-0.3, -0.25) is 9.59 Å². The molecule has 0 radical (unpaired) electrons. The molecule has 1 aliphatic rings. The van der Waals surface area contributed by atoms with Crippen LogP contribution in [0.1, 0.15) is 73.6 Å². The molecule has 4 atom stereocenters. The van der Waals surface area contributed by atoms with Crippen molar-refractivity contribution in [3.63, 3.8) is 0 Å². The van der Waals surface area contributed by atoms with Gasteiger partial charge in [0.05, 0.1) is 12.0 Å². The average molecular weight is 369 g/mol. The van der Waals surface area contributed by atoms with Gasteiger partial charge in [0.15, 0.2) is 17.2 Å². The minimum absolute atomic E-state index is 0.258. The molecular weight excluding hydrogens is 332 g/mol. The number of hydrogen-bond acceptors (Lipinski definition) is 5. The van der Waals surface area contributed by atoms with E-state index in [9.17, 15) is 24.9 Å². The molecule has 0 aromatic heterocycles. The first-order valence-corrected chi connectivity index (χ1v) is 9.90. The van der Waals surface area contributed by atoms with Crippen LogP contribution in [0.25, 0.3) is 0 Å². The van der Waals surface area contributed by atoms with Gasteiger partial charge in [-0.1, -0.05) is 48.0 Å². The van der Waals surface area contributed by atoms with Crippen LogP contribution in [0.4, 0.5) is 0 Å². The molecule has 5 nitrogen and oxygen atoms in total. The lowest BCUT2D eigenvalue weighted by molar-refractivity contribution is -0.137. The van der Waals surface area contributed by atoms with E-state index in [2.05, 4.69) is 0 Å². The number of rotatable bonds is 10. The second kappa shape index (κ2) is 9.14. The van der Waals surface area contributed by atoms with E-state index in [1.54, 1.807) is 6.92 Å². The molecule has 0 fully saturated rings. The van der Waals surface area contributed by atoms with Gasteiger partial charge in [0.2, 0.25) is 0 Å². The molecule has 0 saturated carbocycles. The molecule has 0 amide bonds. The van der Waals surface area contributed by atoms with Crippen LogP contribution in [0.5, 0.6) is 0 Å². The lowest BCUT2D eigenvalue weighted by atomic mass is 9.78. The summed E-state index contributed by atoms with van der Waals surface area (Å²) in [5.41, 5.74) is -2.38. The van der Waals surface area contributed by atoms with E-state index in [-0.39, 0.29) is 12.0 Å². The van der Waals surface area contributed by atoms with Gasteiger partial charge >= 0.3 is 0 Å². The molecule has 0 spiro atoms. The minimum atomic E-state index is -2.07. The zero-order valence-corrected chi connectivity index (χ0v) is 17.1. The normalized spacial score (nSPS) is 26.1. The second-order valence-electron chi connectivity index (χ2n) is 8.60. The number of allylic oxidation sites excluding steroid dienone is 1. The van der Waals surface area contributed by atoms with Crippen LogP contribution < -0.4 is 0 Å². The van der Waals surface area contributed by atoms with Crippen LogP contribution in [0.15, 0.2) is 11.3 Å². The van der Waals surface area contributed by atoms with Crippen molar-refractivity contribution < 1.29 is 24.9 Å². The van der Waals surface area contributed by atoms with Crippen molar-refractivity contribution in [2.24, 2.45) is 23.7 Å². The molecule has 0 aromatic rings. The highest BCUT2D eigenvalue weighted by Crippen LogP contribution is 2.44. The van der Waals surface area contributed by atoms with E-state index >= 15 is 0 Å². The van der Waals surface area contributed by atoms with Gasteiger partial charge in [-0.25, -0.2) is 0 Å². The first kappa shape index (κ1) is 22.8. The van der Waals surface area contributed by atoms with Crippen molar-refractivity contribution in [3.05, 3.63) is 11.3 Å². The van der Waals surface area contributed by atoms with Crippen LogP contribution in [-0.4, -0.2) is 38.6 Å². The first-order valence-electron chi connectivity index (χ1n) is 9.90. The maximum Gasteiger partial charge on any atom is 0.176 e. The number of carbonyl (C=O) groups is 2. The van der Waals surface area contributed by atoms with E-state index in [0.29, 0.717) is 37.5 Å². The summed E-state index contributed by atoms with van der Waals surface area (Å²) in [7, 11) is 0. The Morgan fingerprint density at radius 3 is 2.08 bits per heavy atom. The van der Waals surface area contributed by atoms with Crippen LogP contribution in [0.3, 0.4) is 0 Å². The van der Waals surface area contributed by atoms with Crippen LogP contribution in [-0.2, 0) is 9.59 Å². The third-order valence-electron chi connectivity index (χ3n) is 5.57. The number of aliphatic hydroxyl groups is 3. The summed E-state index contributed by atoms with van der Waals surface area (Å²) >= 11 is 0. The molecule has 0 saturated heterocycles. The van der Waals surface area contributed by atoms with Crippen molar-refractivity contribution in [1.82, 2.24) is 0 Å². The molecule has 1 unspecified atom stereocenters. The quantitative estimate of drug-likeness (QED) is 0.512. The topological polar surface area (TPSA) is 94.8 Å². The van der Waals surface area contributed by atoms with E-state index in [4.69, 9.17) is 0 Å². The zero-order chi connectivity index (χ0) is 20.2. The third kappa shape index (κ3) is 4.55. The van der Waals surface area contributed by atoms with Crippen LogP contribution >= 0.6 is 0 Å². The Labute approximate surface area is 157 Å². The molecule has 0 heterocycles. The van der Waals surface area contributed by atoms with Crippen molar-refractivity contribution in [2.45, 2.75) is 85.4 Å². The summed E-state index contributed by atoms with van der Waals surface area (Å²) in [5, 5.41) is 32.6. The van der Waals surface area contributed by atoms with E-state index < -0.39 is 40.9 Å². The molecule has 5 heteroatoms. The molecule has 0 aliphatic heterocycles. The summed E-state index contributed by atoms with van der Waals surface area (Å²) in [5.74, 6) is -2.39. The minimum Gasteiger partial charge on any atom is -0.508 e. The largest absolute Gasteiger partial charge is 0.508 e. The van der Waals surface area contributed by atoms with E-state index in [1.807, 2.05) is 34.6 Å². The maximum atomic E-state index is 12.9. The molecule has 3 N–H and O–H groups in total. The molecule has 0 bridgehead atoms. The van der Waals surface area contributed by atoms with E-state index in [0.717, 1.165) is 0 Å². The fourth-order valence-corrected chi connectivity index (χ4v) is 3.48. The van der Waals surface area contributed by atoms with Gasteiger partial charge in [-0.15, -0.1) is 0 Å². The highest BCUT2D eigenvalue weighted by atomic mass is 16.4. The summed E-state index contributed by atoms with van der Waals surface area (Å²) in [6.45, 7) is 11.5. The van der Waals surface area contributed by atoms with Crippen molar-refractivity contribution in [1.29, 1.82) is 0 Å². The second-order valence-corrected chi connectivity index (χ2v) is 8.60. The van der Waals surface area contributed by atoms with Gasteiger partial charge in [-0.05, 0) is 37.5 Å². The molecular formula is C21H36O5. The van der Waals surface area contributed by atoms with Gasteiger partial charge in [0.25, 0.3) is 0 Å². The van der Waals surface area contributed by atoms with Gasteiger partial charge < -0.3 is 15.3 Å². The highest BCUT2D eigenvalue weighted by molar-refractivity contribution is 6.24.